The third-order valence-corrected chi connectivity index (χ3v) is 8.32. The molecule has 1 unspecified atom stereocenters. The molecule has 1 N–H and O–H groups in total. The fourth-order valence-electron chi connectivity index (χ4n) is 5.36. The van der Waals surface area contributed by atoms with Gasteiger partial charge >= 0.3 is 5.97 Å². The van der Waals surface area contributed by atoms with Crippen LogP contribution in [0.15, 0.2) is 48.2 Å². The zero-order valence-corrected chi connectivity index (χ0v) is 21.4. The largest absolute Gasteiger partial charge is 0.477 e. The molecule has 1 aliphatic heterocycles. The third kappa shape index (κ3) is 4.55. The van der Waals surface area contributed by atoms with Gasteiger partial charge in [0.2, 0.25) is 5.91 Å². The number of carboxylic acids is 1. The van der Waals surface area contributed by atoms with Crippen molar-refractivity contribution < 1.29 is 19.4 Å². The Balaban J connectivity index is 1.33. The number of amides is 1. The van der Waals surface area contributed by atoms with Crippen LogP contribution in [0.4, 0.5) is 5.82 Å². The lowest BCUT2D eigenvalue weighted by Crippen LogP contribution is -2.46. The van der Waals surface area contributed by atoms with Gasteiger partial charge in [-0.25, -0.2) is 14.5 Å². The summed E-state index contributed by atoms with van der Waals surface area (Å²) in [6.45, 7) is 3.15. The van der Waals surface area contributed by atoms with Crippen LogP contribution in [-0.4, -0.2) is 55.4 Å². The first-order valence-corrected chi connectivity index (χ1v) is 13.6. The van der Waals surface area contributed by atoms with Crippen LogP contribution in [0.25, 0.3) is 21.9 Å². The second kappa shape index (κ2) is 9.75. The van der Waals surface area contributed by atoms with Crippen molar-refractivity contribution >= 4 is 34.0 Å². The number of thiazole rings is 1. The lowest BCUT2D eigenvalue weighted by molar-refractivity contribution is -0.124. The smallest absolute Gasteiger partial charge is 0.341 e. The first-order valence-electron chi connectivity index (χ1n) is 12.7. The molecule has 3 aromatic heterocycles. The van der Waals surface area contributed by atoms with Gasteiger partial charge in [-0.15, -0.1) is 16.4 Å². The predicted molar refractivity (Wildman–Crippen MR) is 140 cm³/mol. The fourth-order valence-corrected chi connectivity index (χ4v) is 6.06. The average Bonchev–Trinajstić information content (AvgIpc) is 3.69. The third-order valence-electron chi connectivity index (χ3n) is 7.55. The Hall–Kier alpha value is -3.50. The highest BCUT2D eigenvalue weighted by molar-refractivity contribution is 7.15. The van der Waals surface area contributed by atoms with Gasteiger partial charge in [-0.2, -0.15) is 0 Å². The van der Waals surface area contributed by atoms with Crippen LogP contribution in [0.2, 0.25) is 0 Å². The molecule has 2 aliphatic rings. The molecule has 0 radical (unpaired) electrons. The number of carbonyl (C=O) groups excluding carboxylic acids is 1. The van der Waals surface area contributed by atoms with E-state index in [9.17, 15) is 14.7 Å². The summed E-state index contributed by atoms with van der Waals surface area (Å²) in [7, 11) is 0. The molecule has 1 amide bonds. The van der Waals surface area contributed by atoms with Gasteiger partial charge in [0.05, 0.1) is 24.0 Å². The molecule has 2 fully saturated rings. The van der Waals surface area contributed by atoms with Crippen LogP contribution in [0, 0.1) is 11.8 Å². The molecule has 1 atom stereocenters. The number of anilines is 1. The van der Waals surface area contributed by atoms with Crippen molar-refractivity contribution in [1.82, 2.24) is 19.2 Å². The molecule has 4 heterocycles. The van der Waals surface area contributed by atoms with Crippen molar-refractivity contribution in [1.29, 1.82) is 0 Å². The van der Waals surface area contributed by atoms with E-state index in [4.69, 9.17) is 4.74 Å². The standard InChI is InChI=1S/C27H29N5O4S/c1-17-2-4-19(5-3-17)25(33)32(21-10-12-36-16-21)24-22(26(34)35)14-31(29-24)20-8-6-18(7-9-20)23-15-30-11-13-37-27(30)28-23/h6-9,11,13-15,17,19,21H,2-5,10,12,16H2,1H3,(H,34,35)/t17-,19-,21?. The molecular formula is C27H29N5O4S. The minimum absolute atomic E-state index is 0.0165. The van der Waals surface area contributed by atoms with E-state index >= 15 is 0 Å². The lowest BCUT2D eigenvalue weighted by Gasteiger charge is -2.33. The van der Waals surface area contributed by atoms with Gasteiger partial charge in [0.25, 0.3) is 0 Å². The number of carbonyl (C=O) groups is 2. The summed E-state index contributed by atoms with van der Waals surface area (Å²) in [5.41, 5.74) is 2.55. The zero-order chi connectivity index (χ0) is 25.5. The molecule has 1 aliphatic carbocycles. The lowest BCUT2D eigenvalue weighted by atomic mass is 9.82. The van der Waals surface area contributed by atoms with E-state index in [1.165, 1.54) is 6.20 Å². The topological polar surface area (TPSA) is 102 Å². The summed E-state index contributed by atoms with van der Waals surface area (Å²) >= 11 is 1.58. The molecule has 1 aromatic carbocycles. The summed E-state index contributed by atoms with van der Waals surface area (Å²) in [5.74, 6) is -0.449. The number of imidazole rings is 1. The minimum atomic E-state index is -1.11. The van der Waals surface area contributed by atoms with Gasteiger partial charge in [0, 0.05) is 42.1 Å². The predicted octanol–water partition coefficient (Wildman–Crippen LogP) is 4.89. The Bertz CT molecular complexity index is 1400. The van der Waals surface area contributed by atoms with Crippen molar-refractivity contribution in [3.63, 3.8) is 0 Å². The van der Waals surface area contributed by atoms with Crippen molar-refractivity contribution in [2.24, 2.45) is 11.8 Å². The SMILES string of the molecule is C[C@H]1CC[C@H](C(=O)N(c2nn(-c3ccc(-c4cn5ccsc5n4)cc3)cc2C(=O)O)C2CCOC2)CC1. The van der Waals surface area contributed by atoms with E-state index in [2.05, 4.69) is 17.0 Å². The quantitative estimate of drug-likeness (QED) is 0.389. The van der Waals surface area contributed by atoms with Gasteiger partial charge < -0.3 is 9.84 Å². The van der Waals surface area contributed by atoms with Gasteiger partial charge in [-0.05, 0) is 50.2 Å². The highest BCUT2D eigenvalue weighted by Gasteiger charge is 2.38. The second-order valence-electron chi connectivity index (χ2n) is 10.1. The zero-order valence-electron chi connectivity index (χ0n) is 20.6. The number of aromatic carboxylic acids is 1. The Labute approximate surface area is 218 Å². The number of carboxylic acid groups (broad SMARTS) is 1. The van der Waals surface area contributed by atoms with Crippen molar-refractivity contribution in [3.8, 4) is 16.9 Å². The molecule has 6 rings (SSSR count). The number of rotatable bonds is 6. The summed E-state index contributed by atoms with van der Waals surface area (Å²) in [6, 6.07) is 7.45. The Morgan fingerprint density at radius 2 is 1.89 bits per heavy atom. The Morgan fingerprint density at radius 1 is 1.11 bits per heavy atom. The summed E-state index contributed by atoms with van der Waals surface area (Å²) in [4.78, 5) is 33.3. The average molecular weight is 520 g/mol. The van der Waals surface area contributed by atoms with Gasteiger partial charge in [-0.1, -0.05) is 19.1 Å². The van der Waals surface area contributed by atoms with Crippen LogP contribution >= 0.6 is 11.3 Å². The first-order chi connectivity index (χ1) is 18.0. The van der Waals surface area contributed by atoms with E-state index < -0.39 is 5.97 Å². The molecule has 37 heavy (non-hydrogen) atoms. The van der Waals surface area contributed by atoms with E-state index in [1.54, 1.807) is 20.9 Å². The fraction of sp³-hybridized carbons (Fsp3) is 0.407. The summed E-state index contributed by atoms with van der Waals surface area (Å²) in [6.07, 6.45) is 9.77. The van der Waals surface area contributed by atoms with Gasteiger partial charge in [0.15, 0.2) is 10.8 Å². The number of nitrogens with zero attached hydrogens (tertiary/aromatic N) is 5. The number of hydrogen-bond acceptors (Lipinski definition) is 6. The van der Waals surface area contributed by atoms with Crippen LogP contribution in [0.1, 0.15) is 49.4 Å². The molecule has 4 aromatic rings. The molecule has 1 saturated carbocycles. The highest BCUT2D eigenvalue weighted by Crippen LogP contribution is 2.34. The maximum absolute atomic E-state index is 13.8. The molecule has 9 nitrogen and oxygen atoms in total. The number of hydrogen-bond donors (Lipinski definition) is 1. The summed E-state index contributed by atoms with van der Waals surface area (Å²) < 4.78 is 9.13. The van der Waals surface area contributed by atoms with Crippen molar-refractivity contribution in [3.05, 3.63) is 53.8 Å². The molecule has 10 heteroatoms. The maximum atomic E-state index is 13.8. The van der Waals surface area contributed by atoms with Crippen molar-refractivity contribution in [2.45, 2.75) is 45.1 Å². The minimum Gasteiger partial charge on any atom is -0.477 e. The molecule has 0 spiro atoms. The first kappa shape index (κ1) is 23.9. The normalized spacial score (nSPS) is 21.9. The molecule has 192 valence electrons. The van der Waals surface area contributed by atoms with Gasteiger partial charge in [0.1, 0.15) is 5.56 Å². The molecule has 0 bridgehead atoms. The van der Waals surface area contributed by atoms with Crippen LogP contribution in [0.5, 0.6) is 0 Å². The van der Waals surface area contributed by atoms with E-state index in [0.717, 1.165) is 41.9 Å². The summed E-state index contributed by atoms with van der Waals surface area (Å²) in [5, 5.41) is 16.7. The highest BCUT2D eigenvalue weighted by atomic mass is 32.1. The van der Waals surface area contributed by atoms with Gasteiger partial charge in [-0.3, -0.25) is 14.1 Å². The van der Waals surface area contributed by atoms with E-state index in [0.29, 0.717) is 31.2 Å². The second-order valence-corrected chi connectivity index (χ2v) is 10.9. The molecular weight excluding hydrogens is 490 g/mol. The van der Waals surface area contributed by atoms with Crippen LogP contribution in [0.3, 0.4) is 0 Å². The number of fused-ring (bicyclic) bond motifs is 1. The number of benzene rings is 1. The van der Waals surface area contributed by atoms with E-state index in [-0.39, 0.29) is 29.2 Å². The number of aromatic nitrogens is 4. The number of ether oxygens (including phenoxy) is 1. The van der Waals surface area contributed by atoms with E-state index in [1.807, 2.05) is 46.4 Å². The monoisotopic (exact) mass is 519 g/mol. The van der Waals surface area contributed by atoms with Crippen molar-refractivity contribution in [2.75, 3.05) is 18.1 Å². The Kier molecular flexibility index (Phi) is 6.29. The Morgan fingerprint density at radius 3 is 2.57 bits per heavy atom. The molecule has 1 saturated heterocycles. The van der Waals surface area contributed by atoms with Crippen LogP contribution < -0.4 is 4.90 Å². The maximum Gasteiger partial charge on any atom is 0.341 e. The van der Waals surface area contributed by atoms with Crippen LogP contribution in [-0.2, 0) is 9.53 Å².